The molecule has 0 atom stereocenters. The van der Waals surface area contributed by atoms with Crippen LogP contribution >= 0.6 is 0 Å². The molecule has 0 bridgehead atoms. The molecule has 7 heteroatoms. The molecule has 0 radical (unpaired) electrons. The largest absolute Gasteiger partial charge is 0.484 e. The van der Waals surface area contributed by atoms with Crippen LogP contribution in [0.2, 0.25) is 0 Å². The smallest absolute Gasteiger partial charge is 0.418 e. The monoisotopic (exact) mass is 310 g/mol. The van der Waals surface area contributed by atoms with Gasteiger partial charge in [0.15, 0.2) is 6.61 Å². The molecule has 0 aromatic heterocycles. The van der Waals surface area contributed by atoms with E-state index in [0.717, 1.165) is 18.2 Å². The zero-order valence-electron chi connectivity index (χ0n) is 11.4. The van der Waals surface area contributed by atoms with Crippen LogP contribution in [-0.4, -0.2) is 12.5 Å². The average Bonchev–Trinajstić information content (AvgIpc) is 2.45. The molecule has 0 saturated carbocycles. The number of anilines is 2. The van der Waals surface area contributed by atoms with E-state index < -0.39 is 23.3 Å². The first kappa shape index (κ1) is 15.7. The SMILES string of the molecule is Nc1cc(NC(=O)COc2ccccc2)ccc1C(F)(F)F. The van der Waals surface area contributed by atoms with Gasteiger partial charge in [-0.25, -0.2) is 0 Å². The van der Waals surface area contributed by atoms with Gasteiger partial charge >= 0.3 is 6.18 Å². The zero-order valence-corrected chi connectivity index (χ0v) is 11.4. The number of alkyl halides is 3. The summed E-state index contributed by atoms with van der Waals surface area (Å²) >= 11 is 0. The third-order valence-corrected chi connectivity index (χ3v) is 2.75. The fraction of sp³-hybridized carbons (Fsp3) is 0.133. The lowest BCUT2D eigenvalue weighted by Gasteiger charge is -2.12. The second kappa shape index (κ2) is 6.38. The second-order valence-electron chi connectivity index (χ2n) is 4.45. The van der Waals surface area contributed by atoms with Crippen molar-refractivity contribution < 1.29 is 22.7 Å². The third kappa shape index (κ3) is 4.15. The van der Waals surface area contributed by atoms with Gasteiger partial charge in [0.2, 0.25) is 0 Å². The number of ether oxygens (including phenoxy) is 1. The molecule has 0 aliphatic rings. The maximum absolute atomic E-state index is 12.6. The summed E-state index contributed by atoms with van der Waals surface area (Å²) in [5, 5.41) is 2.42. The Morgan fingerprint density at radius 3 is 2.41 bits per heavy atom. The molecule has 2 aromatic rings. The van der Waals surface area contributed by atoms with Crippen LogP contribution in [0.4, 0.5) is 24.5 Å². The van der Waals surface area contributed by atoms with Crippen LogP contribution in [0.5, 0.6) is 5.75 Å². The molecule has 0 fully saturated rings. The van der Waals surface area contributed by atoms with E-state index in [0.29, 0.717) is 5.75 Å². The minimum Gasteiger partial charge on any atom is -0.484 e. The van der Waals surface area contributed by atoms with Crippen molar-refractivity contribution in [3.63, 3.8) is 0 Å². The van der Waals surface area contributed by atoms with E-state index in [2.05, 4.69) is 5.32 Å². The number of nitrogens with two attached hydrogens (primary N) is 1. The Hall–Kier alpha value is -2.70. The van der Waals surface area contributed by atoms with Crippen LogP contribution in [-0.2, 0) is 11.0 Å². The zero-order chi connectivity index (χ0) is 16.2. The lowest BCUT2D eigenvalue weighted by atomic mass is 10.1. The number of rotatable bonds is 4. The quantitative estimate of drug-likeness (QED) is 0.852. The molecule has 1 amide bonds. The van der Waals surface area contributed by atoms with Gasteiger partial charge < -0.3 is 15.8 Å². The van der Waals surface area contributed by atoms with Gasteiger partial charge in [0.1, 0.15) is 5.75 Å². The van der Waals surface area contributed by atoms with Crippen molar-refractivity contribution in [3.05, 3.63) is 54.1 Å². The number of amides is 1. The summed E-state index contributed by atoms with van der Waals surface area (Å²) < 4.78 is 42.9. The second-order valence-corrected chi connectivity index (χ2v) is 4.45. The minimum absolute atomic E-state index is 0.173. The van der Waals surface area contributed by atoms with Gasteiger partial charge in [0.25, 0.3) is 5.91 Å². The number of benzene rings is 2. The van der Waals surface area contributed by atoms with Crippen molar-refractivity contribution in [2.24, 2.45) is 0 Å². The highest BCUT2D eigenvalue weighted by atomic mass is 19.4. The summed E-state index contributed by atoms with van der Waals surface area (Å²) in [7, 11) is 0. The summed E-state index contributed by atoms with van der Waals surface area (Å²) in [4.78, 5) is 11.7. The maximum atomic E-state index is 12.6. The maximum Gasteiger partial charge on any atom is 0.418 e. The Balaban J connectivity index is 1.96. The molecule has 2 aromatic carbocycles. The van der Waals surface area contributed by atoms with E-state index in [-0.39, 0.29) is 12.3 Å². The predicted octanol–water partition coefficient (Wildman–Crippen LogP) is 3.31. The summed E-state index contributed by atoms with van der Waals surface area (Å²) in [6.45, 7) is -0.259. The number of hydrogen-bond acceptors (Lipinski definition) is 3. The molecule has 2 rings (SSSR count). The lowest BCUT2D eigenvalue weighted by Crippen LogP contribution is -2.20. The van der Waals surface area contributed by atoms with E-state index in [9.17, 15) is 18.0 Å². The molecule has 0 saturated heterocycles. The van der Waals surface area contributed by atoms with Crippen LogP contribution in [0.25, 0.3) is 0 Å². The molecule has 0 unspecified atom stereocenters. The Bertz CT molecular complexity index is 658. The molecule has 0 heterocycles. The van der Waals surface area contributed by atoms with E-state index in [1.165, 1.54) is 0 Å². The molecule has 116 valence electrons. The van der Waals surface area contributed by atoms with Gasteiger partial charge in [-0.05, 0) is 30.3 Å². The highest BCUT2D eigenvalue weighted by Crippen LogP contribution is 2.34. The fourth-order valence-corrected chi connectivity index (χ4v) is 1.76. The van der Waals surface area contributed by atoms with E-state index >= 15 is 0 Å². The van der Waals surface area contributed by atoms with Crippen molar-refractivity contribution in [3.8, 4) is 5.75 Å². The highest BCUT2D eigenvalue weighted by Gasteiger charge is 2.32. The number of carbonyl (C=O) groups is 1. The van der Waals surface area contributed by atoms with Gasteiger partial charge in [-0.1, -0.05) is 18.2 Å². The van der Waals surface area contributed by atoms with Crippen LogP contribution in [0.1, 0.15) is 5.56 Å². The third-order valence-electron chi connectivity index (χ3n) is 2.75. The standard InChI is InChI=1S/C15H13F3N2O2/c16-15(17,18)12-7-6-10(8-13(12)19)20-14(21)9-22-11-4-2-1-3-5-11/h1-8H,9,19H2,(H,20,21). The summed E-state index contributed by atoms with van der Waals surface area (Å²) in [5.41, 5.74) is 4.13. The molecular formula is C15H13F3N2O2. The molecule has 3 N–H and O–H groups in total. The van der Waals surface area contributed by atoms with Crippen LogP contribution in [0.3, 0.4) is 0 Å². The molecule has 0 aliphatic heterocycles. The summed E-state index contributed by atoms with van der Waals surface area (Å²) in [6, 6.07) is 11.7. The van der Waals surface area contributed by atoms with E-state index in [4.69, 9.17) is 10.5 Å². The minimum atomic E-state index is -4.52. The molecule has 4 nitrogen and oxygen atoms in total. The Kier molecular flexibility index (Phi) is 4.55. The number of hydrogen-bond donors (Lipinski definition) is 2. The van der Waals surface area contributed by atoms with Crippen molar-refractivity contribution >= 4 is 17.3 Å². The predicted molar refractivity (Wildman–Crippen MR) is 76.4 cm³/mol. The molecular weight excluding hydrogens is 297 g/mol. The van der Waals surface area contributed by atoms with Crippen molar-refractivity contribution in [1.82, 2.24) is 0 Å². The Morgan fingerprint density at radius 1 is 1.14 bits per heavy atom. The number of halogens is 3. The van der Waals surface area contributed by atoms with Crippen LogP contribution < -0.4 is 15.8 Å². The van der Waals surface area contributed by atoms with Gasteiger partial charge in [-0.2, -0.15) is 13.2 Å². The average molecular weight is 310 g/mol. The van der Waals surface area contributed by atoms with Gasteiger partial charge in [0.05, 0.1) is 5.56 Å². The van der Waals surface area contributed by atoms with Crippen molar-refractivity contribution in [2.45, 2.75) is 6.18 Å². The van der Waals surface area contributed by atoms with Crippen LogP contribution in [0, 0.1) is 0 Å². The lowest BCUT2D eigenvalue weighted by molar-refractivity contribution is -0.136. The first-order chi connectivity index (χ1) is 10.4. The van der Waals surface area contributed by atoms with Gasteiger partial charge in [-0.3, -0.25) is 4.79 Å². The number of para-hydroxylation sites is 1. The molecule has 0 spiro atoms. The van der Waals surface area contributed by atoms with Crippen molar-refractivity contribution in [1.29, 1.82) is 0 Å². The topological polar surface area (TPSA) is 64.3 Å². The molecule has 0 aliphatic carbocycles. The number of nitrogen functional groups attached to an aromatic ring is 1. The van der Waals surface area contributed by atoms with E-state index in [1.54, 1.807) is 30.3 Å². The van der Waals surface area contributed by atoms with E-state index in [1.807, 2.05) is 0 Å². The van der Waals surface area contributed by atoms with Crippen molar-refractivity contribution in [2.75, 3.05) is 17.7 Å². The first-order valence-corrected chi connectivity index (χ1v) is 6.30. The normalized spacial score (nSPS) is 11.0. The van der Waals surface area contributed by atoms with Gasteiger partial charge in [-0.15, -0.1) is 0 Å². The first-order valence-electron chi connectivity index (χ1n) is 6.30. The summed E-state index contributed by atoms with van der Waals surface area (Å²) in [6.07, 6.45) is -4.52. The summed E-state index contributed by atoms with van der Waals surface area (Å²) in [5.74, 6) is 0.0209. The van der Waals surface area contributed by atoms with Crippen LogP contribution in [0.15, 0.2) is 48.5 Å². The Morgan fingerprint density at radius 2 is 1.82 bits per heavy atom. The number of nitrogens with one attached hydrogen (secondary N) is 1. The molecule has 22 heavy (non-hydrogen) atoms. The number of carbonyl (C=O) groups excluding carboxylic acids is 1. The Labute approximate surface area is 124 Å². The highest BCUT2D eigenvalue weighted by molar-refractivity contribution is 5.92. The fourth-order valence-electron chi connectivity index (χ4n) is 1.76. The van der Waals surface area contributed by atoms with Gasteiger partial charge in [0, 0.05) is 11.4 Å².